The third kappa shape index (κ3) is 0.625. The van der Waals surface area contributed by atoms with Gasteiger partial charge in [0.05, 0.1) is 12.5 Å². The van der Waals surface area contributed by atoms with Crippen LogP contribution in [-0.4, -0.2) is 29.5 Å². The summed E-state index contributed by atoms with van der Waals surface area (Å²) in [5, 5.41) is 8.64. The van der Waals surface area contributed by atoms with E-state index in [4.69, 9.17) is 5.11 Å². The molecule has 2 rings (SSSR count). The minimum atomic E-state index is -1.94. The molecule has 1 heterocycles. The Morgan fingerprint density at radius 1 is 1.82 bits per heavy atom. The van der Waals surface area contributed by atoms with Crippen LogP contribution in [0.4, 0.5) is 4.39 Å². The lowest BCUT2D eigenvalue weighted by molar-refractivity contribution is -0.149. The first-order valence-electron chi connectivity index (χ1n) is 3.38. The normalized spacial score (nSPS) is 46.5. The van der Waals surface area contributed by atoms with Crippen molar-refractivity contribution in [3.63, 3.8) is 0 Å². The van der Waals surface area contributed by atoms with Crippen molar-refractivity contribution in [1.82, 2.24) is 0 Å². The number of esters is 1. The quantitative estimate of drug-likeness (QED) is 0.424. The van der Waals surface area contributed by atoms with E-state index in [-0.39, 0.29) is 6.61 Å². The predicted octanol–water partition coefficient (Wildman–Crippen LogP) is -0.202. The van der Waals surface area contributed by atoms with Crippen LogP contribution in [0.1, 0.15) is 0 Å². The van der Waals surface area contributed by atoms with E-state index in [1.54, 1.807) is 6.08 Å². The molecule has 0 radical (unpaired) electrons. The molecule has 0 aromatic heterocycles. The maximum absolute atomic E-state index is 13.2. The van der Waals surface area contributed by atoms with Gasteiger partial charge >= 0.3 is 5.97 Å². The monoisotopic (exact) mass is 158 g/mol. The number of halogens is 1. The van der Waals surface area contributed by atoms with Crippen molar-refractivity contribution >= 4 is 5.97 Å². The van der Waals surface area contributed by atoms with E-state index in [1.165, 1.54) is 6.08 Å². The van der Waals surface area contributed by atoms with E-state index >= 15 is 0 Å². The summed E-state index contributed by atoms with van der Waals surface area (Å²) in [6.45, 7) is -0.313. The van der Waals surface area contributed by atoms with Crippen molar-refractivity contribution in [2.45, 2.75) is 11.8 Å². The fourth-order valence-electron chi connectivity index (χ4n) is 1.43. The van der Waals surface area contributed by atoms with Gasteiger partial charge in [0, 0.05) is 0 Å². The van der Waals surface area contributed by atoms with Gasteiger partial charge in [0.15, 0.2) is 0 Å². The Labute approximate surface area is 62.5 Å². The zero-order chi connectivity index (χ0) is 8.06. The van der Waals surface area contributed by atoms with Crippen molar-refractivity contribution in [2.75, 3.05) is 6.61 Å². The average molecular weight is 158 g/mol. The number of carbonyl (C=O) groups excluding carboxylic acids is 1. The number of rotatable bonds is 1. The molecule has 0 aromatic carbocycles. The number of hydrogen-bond acceptors (Lipinski definition) is 3. The lowest BCUT2D eigenvalue weighted by Gasteiger charge is -2.26. The molecule has 0 spiro atoms. The number of carbonyl (C=O) groups is 1. The topological polar surface area (TPSA) is 46.5 Å². The van der Waals surface area contributed by atoms with Gasteiger partial charge in [-0.1, -0.05) is 6.08 Å². The first kappa shape index (κ1) is 6.79. The molecule has 4 heteroatoms. The van der Waals surface area contributed by atoms with Crippen LogP contribution >= 0.6 is 0 Å². The van der Waals surface area contributed by atoms with Crippen LogP contribution in [0.25, 0.3) is 0 Å². The Morgan fingerprint density at radius 2 is 2.55 bits per heavy atom. The number of fused-ring (bicyclic) bond motifs is 1. The Balaban J connectivity index is 2.28. The summed E-state index contributed by atoms with van der Waals surface area (Å²) in [7, 11) is 0. The molecule has 0 bridgehead atoms. The van der Waals surface area contributed by atoms with Crippen LogP contribution in [0.5, 0.6) is 0 Å². The number of cyclic esters (lactones) is 1. The molecule has 60 valence electrons. The molecule has 3 unspecified atom stereocenters. The van der Waals surface area contributed by atoms with Gasteiger partial charge in [-0.05, 0) is 6.08 Å². The maximum Gasteiger partial charge on any atom is 0.349 e. The van der Waals surface area contributed by atoms with Gasteiger partial charge in [-0.15, -0.1) is 0 Å². The molecule has 1 N–H and O–H groups in total. The second kappa shape index (κ2) is 1.82. The third-order valence-electron chi connectivity index (χ3n) is 2.18. The SMILES string of the molecule is O=C1OC(CO)C2C=CC12F. The van der Waals surface area contributed by atoms with Crippen molar-refractivity contribution in [2.24, 2.45) is 5.92 Å². The van der Waals surface area contributed by atoms with E-state index in [0.29, 0.717) is 0 Å². The average Bonchev–Trinajstić information content (AvgIpc) is 2.12. The van der Waals surface area contributed by atoms with E-state index in [0.717, 1.165) is 0 Å². The van der Waals surface area contributed by atoms with Crippen LogP contribution in [0.2, 0.25) is 0 Å². The van der Waals surface area contributed by atoms with Gasteiger partial charge in [-0.2, -0.15) is 0 Å². The summed E-state index contributed by atoms with van der Waals surface area (Å²) in [5.74, 6) is -1.44. The standard InChI is InChI=1S/C7H7FO3/c8-7-2-1-4(7)5(3-9)11-6(7)10/h1-2,4-5,9H,3H2. The summed E-state index contributed by atoms with van der Waals surface area (Å²) in [4.78, 5) is 10.8. The van der Waals surface area contributed by atoms with Crippen LogP contribution in [0.15, 0.2) is 12.2 Å². The molecule has 1 saturated heterocycles. The van der Waals surface area contributed by atoms with Gasteiger partial charge in [0.2, 0.25) is 5.67 Å². The van der Waals surface area contributed by atoms with Crippen molar-refractivity contribution in [1.29, 1.82) is 0 Å². The molecule has 0 saturated carbocycles. The Morgan fingerprint density at radius 3 is 2.82 bits per heavy atom. The lowest BCUT2D eigenvalue weighted by atomic mass is 9.78. The molecular weight excluding hydrogens is 151 g/mol. The van der Waals surface area contributed by atoms with Gasteiger partial charge < -0.3 is 9.84 Å². The number of aliphatic hydroxyl groups excluding tert-OH is 1. The minimum Gasteiger partial charge on any atom is -0.457 e. The summed E-state index contributed by atoms with van der Waals surface area (Å²) in [5.41, 5.74) is -1.94. The fraction of sp³-hybridized carbons (Fsp3) is 0.571. The highest BCUT2D eigenvalue weighted by atomic mass is 19.1. The van der Waals surface area contributed by atoms with Crippen molar-refractivity contribution in [3.8, 4) is 0 Å². The molecule has 2 aliphatic rings. The highest BCUT2D eigenvalue weighted by molar-refractivity contribution is 5.87. The van der Waals surface area contributed by atoms with Gasteiger partial charge in [-0.3, -0.25) is 0 Å². The molecule has 11 heavy (non-hydrogen) atoms. The van der Waals surface area contributed by atoms with E-state index < -0.39 is 23.7 Å². The molecule has 1 aliphatic heterocycles. The van der Waals surface area contributed by atoms with Crippen LogP contribution < -0.4 is 0 Å². The number of alkyl halides is 1. The number of hydrogen-bond donors (Lipinski definition) is 1. The van der Waals surface area contributed by atoms with E-state index in [1.807, 2.05) is 0 Å². The lowest BCUT2D eigenvalue weighted by Crippen LogP contribution is -2.41. The largest absolute Gasteiger partial charge is 0.457 e. The van der Waals surface area contributed by atoms with Crippen molar-refractivity contribution in [3.05, 3.63) is 12.2 Å². The van der Waals surface area contributed by atoms with E-state index in [9.17, 15) is 9.18 Å². The third-order valence-corrected chi connectivity index (χ3v) is 2.18. The smallest absolute Gasteiger partial charge is 0.349 e. The summed E-state index contributed by atoms with van der Waals surface area (Å²) in [6.07, 6.45) is 2.04. The molecule has 3 atom stereocenters. The summed E-state index contributed by atoms with van der Waals surface area (Å²) >= 11 is 0. The fourth-order valence-corrected chi connectivity index (χ4v) is 1.43. The second-order valence-electron chi connectivity index (χ2n) is 2.78. The Bertz CT molecular complexity index is 238. The zero-order valence-electron chi connectivity index (χ0n) is 5.66. The van der Waals surface area contributed by atoms with Crippen LogP contribution in [0.3, 0.4) is 0 Å². The zero-order valence-corrected chi connectivity index (χ0v) is 5.66. The van der Waals surface area contributed by atoms with Crippen molar-refractivity contribution < 1.29 is 19.0 Å². The minimum absolute atomic E-state index is 0.313. The molecule has 0 aromatic rings. The van der Waals surface area contributed by atoms with E-state index in [2.05, 4.69) is 4.74 Å². The molecule has 1 fully saturated rings. The summed E-state index contributed by atoms with van der Waals surface area (Å²) < 4.78 is 17.8. The Hall–Kier alpha value is -0.900. The highest BCUT2D eigenvalue weighted by Gasteiger charge is 2.60. The molecular formula is C7H7FO3. The Kier molecular flexibility index (Phi) is 1.12. The maximum atomic E-state index is 13.2. The first-order valence-corrected chi connectivity index (χ1v) is 3.38. The predicted molar refractivity (Wildman–Crippen MR) is 33.4 cm³/mol. The second-order valence-corrected chi connectivity index (χ2v) is 2.78. The molecule has 3 nitrogen and oxygen atoms in total. The molecule has 1 aliphatic carbocycles. The van der Waals surface area contributed by atoms with Gasteiger partial charge in [0.1, 0.15) is 6.10 Å². The highest BCUT2D eigenvalue weighted by Crippen LogP contribution is 2.44. The van der Waals surface area contributed by atoms with Gasteiger partial charge in [-0.25, -0.2) is 9.18 Å². The van der Waals surface area contributed by atoms with Gasteiger partial charge in [0.25, 0.3) is 0 Å². The van der Waals surface area contributed by atoms with Crippen LogP contribution in [-0.2, 0) is 9.53 Å². The number of ether oxygens (including phenoxy) is 1. The summed E-state index contributed by atoms with van der Waals surface area (Å²) in [6, 6.07) is 0. The number of aliphatic hydroxyl groups is 1. The first-order chi connectivity index (χ1) is 5.18. The van der Waals surface area contributed by atoms with Crippen LogP contribution in [0, 0.1) is 5.92 Å². The molecule has 0 amide bonds.